The molecule has 11 heteroatoms. The Labute approximate surface area is 185 Å². The first-order valence-electron chi connectivity index (χ1n) is 11.1. The summed E-state index contributed by atoms with van der Waals surface area (Å²) >= 11 is 0. The van der Waals surface area contributed by atoms with Gasteiger partial charge in [0.25, 0.3) is 0 Å². The predicted molar refractivity (Wildman–Crippen MR) is 106 cm³/mol. The summed E-state index contributed by atoms with van der Waals surface area (Å²) in [6.07, 6.45) is -14.2. The molecular formula is C21H36F6O5. The zero-order chi connectivity index (χ0) is 24.8. The standard InChI is InChI=1S/C21H36F6O5/c1-3-31-15(13-20(22,23)24)9-5-7-11-17(28)19(30)18(29)12-8-6-10-16(32-4-2)14-21(25,26)27/h15-18,28-29H,3-14H2,1-2H3. The molecule has 0 fully saturated rings. The van der Waals surface area contributed by atoms with E-state index in [4.69, 9.17) is 9.47 Å². The molecule has 0 aromatic rings. The van der Waals surface area contributed by atoms with E-state index in [0.29, 0.717) is 12.8 Å². The van der Waals surface area contributed by atoms with E-state index >= 15 is 0 Å². The number of hydrogen-bond donors (Lipinski definition) is 2. The SMILES string of the molecule is CCOC(CCCCC(O)C(=O)C(O)CCCCC(CC(F)(F)F)OCC)CC(F)(F)F. The van der Waals surface area contributed by atoms with Crippen molar-refractivity contribution in [3.63, 3.8) is 0 Å². The van der Waals surface area contributed by atoms with Crippen molar-refractivity contribution in [2.45, 2.75) is 115 Å². The number of unbranched alkanes of at least 4 members (excludes halogenated alkanes) is 2. The van der Waals surface area contributed by atoms with E-state index in [0.717, 1.165) is 0 Å². The Morgan fingerprint density at radius 2 is 1.00 bits per heavy atom. The third kappa shape index (κ3) is 16.7. The lowest BCUT2D eigenvalue weighted by molar-refractivity contribution is -0.162. The fourth-order valence-corrected chi connectivity index (χ4v) is 3.40. The molecule has 0 rings (SSSR count). The monoisotopic (exact) mass is 482 g/mol. The average molecular weight is 483 g/mol. The van der Waals surface area contributed by atoms with Crippen LogP contribution in [0.25, 0.3) is 0 Å². The Balaban J connectivity index is 4.20. The van der Waals surface area contributed by atoms with Crippen molar-refractivity contribution in [2.75, 3.05) is 13.2 Å². The number of ether oxygens (including phenoxy) is 2. The van der Waals surface area contributed by atoms with Gasteiger partial charge < -0.3 is 19.7 Å². The van der Waals surface area contributed by atoms with Crippen LogP contribution in [-0.4, -0.2) is 66.0 Å². The van der Waals surface area contributed by atoms with E-state index in [1.54, 1.807) is 13.8 Å². The zero-order valence-electron chi connectivity index (χ0n) is 18.7. The van der Waals surface area contributed by atoms with Crippen molar-refractivity contribution in [3.05, 3.63) is 0 Å². The first-order valence-corrected chi connectivity index (χ1v) is 11.1. The van der Waals surface area contributed by atoms with Gasteiger partial charge in [-0.2, -0.15) is 26.3 Å². The van der Waals surface area contributed by atoms with E-state index < -0.39 is 55.4 Å². The number of rotatable bonds is 18. The van der Waals surface area contributed by atoms with Crippen molar-refractivity contribution in [1.29, 1.82) is 0 Å². The summed E-state index contributed by atoms with van der Waals surface area (Å²) < 4.78 is 85.1. The van der Waals surface area contributed by atoms with Crippen molar-refractivity contribution in [2.24, 2.45) is 0 Å². The minimum absolute atomic E-state index is 0.00124. The van der Waals surface area contributed by atoms with Gasteiger partial charge in [-0.15, -0.1) is 0 Å². The van der Waals surface area contributed by atoms with Crippen LogP contribution in [-0.2, 0) is 14.3 Å². The molecule has 0 aromatic carbocycles. The van der Waals surface area contributed by atoms with Gasteiger partial charge in [-0.25, -0.2) is 0 Å². The Bertz CT molecular complexity index is 456. The van der Waals surface area contributed by atoms with Crippen LogP contribution in [0, 0.1) is 0 Å². The van der Waals surface area contributed by atoms with Crippen molar-refractivity contribution in [3.8, 4) is 0 Å². The van der Waals surface area contributed by atoms with Gasteiger partial charge in [-0.1, -0.05) is 25.7 Å². The lowest BCUT2D eigenvalue weighted by Crippen LogP contribution is -2.32. The summed E-state index contributed by atoms with van der Waals surface area (Å²) in [5, 5.41) is 19.8. The molecule has 0 heterocycles. The van der Waals surface area contributed by atoms with E-state index in [1.165, 1.54) is 0 Å². The van der Waals surface area contributed by atoms with Crippen LogP contribution in [0.1, 0.15) is 78.1 Å². The Kier molecular flexibility index (Phi) is 15.4. The van der Waals surface area contributed by atoms with Crippen LogP contribution >= 0.6 is 0 Å². The van der Waals surface area contributed by atoms with E-state index in [1.807, 2.05) is 0 Å². The maximum absolute atomic E-state index is 12.5. The van der Waals surface area contributed by atoms with Crippen LogP contribution < -0.4 is 0 Å². The van der Waals surface area contributed by atoms with Gasteiger partial charge in [0.15, 0.2) is 5.78 Å². The molecule has 4 unspecified atom stereocenters. The Morgan fingerprint density at radius 1 is 0.688 bits per heavy atom. The topological polar surface area (TPSA) is 76.0 Å². The highest BCUT2D eigenvalue weighted by Gasteiger charge is 2.33. The van der Waals surface area contributed by atoms with Crippen LogP contribution in [0.15, 0.2) is 0 Å². The third-order valence-electron chi connectivity index (χ3n) is 4.89. The van der Waals surface area contributed by atoms with Gasteiger partial charge >= 0.3 is 12.4 Å². The molecular weight excluding hydrogens is 446 g/mol. The summed E-state index contributed by atoms with van der Waals surface area (Å²) in [4.78, 5) is 12.0. The lowest BCUT2D eigenvalue weighted by Gasteiger charge is -2.20. The molecule has 0 aliphatic heterocycles. The molecule has 0 amide bonds. The number of hydrogen-bond acceptors (Lipinski definition) is 5. The fraction of sp³-hybridized carbons (Fsp3) is 0.952. The fourth-order valence-electron chi connectivity index (χ4n) is 3.40. The zero-order valence-corrected chi connectivity index (χ0v) is 18.7. The number of aliphatic hydroxyl groups is 2. The number of alkyl halides is 6. The highest BCUT2D eigenvalue weighted by Crippen LogP contribution is 2.27. The lowest BCUT2D eigenvalue weighted by atomic mass is 9.98. The molecule has 5 nitrogen and oxygen atoms in total. The molecule has 0 aromatic heterocycles. The van der Waals surface area contributed by atoms with Crippen molar-refractivity contribution < 1.29 is 50.8 Å². The van der Waals surface area contributed by atoms with Gasteiger partial charge in [0, 0.05) is 13.2 Å². The minimum Gasteiger partial charge on any atom is -0.385 e. The normalized spacial score (nSPS) is 16.6. The second-order valence-electron chi connectivity index (χ2n) is 7.80. The first-order chi connectivity index (χ1) is 14.8. The molecule has 0 spiro atoms. The van der Waals surface area contributed by atoms with Gasteiger partial charge in [0.2, 0.25) is 0 Å². The first kappa shape index (κ1) is 31.1. The number of ketones is 1. The van der Waals surface area contributed by atoms with E-state index in [9.17, 15) is 41.4 Å². The molecule has 32 heavy (non-hydrogen) atoms. The van der Waals surface area contributed by atoms with Crippen molar-refractivity contribution in [1.82, 2.24) is 0 Å². The van der Waals surface area contributed by atoms with Gasteiger partial charge in [-0.05, 0) is 39.5 Å². The number of Topliss-reactive ketones (excluding diaryl/α,β-unsaturated/α-hetero) is 1. The molecule has 0 aliphatic rings. The van der Waals surface area contributed by atoms with Crippen molar-refractivity contribution >= 4 is 5.78 Å². The molecule has 2 N–H and O–H groups in total. The van der Waals surface area contributed by atoms with Crippen LogP contribution in [0.3, 0.4) is 0 Å². The number of carbonyl (C=O) groups excluding carboxylic acids is 1. The highest BCUT2D eigenvalue weighted by molar-refractivity contribution is 5.86. The summed E-state index contributed by atoms with van der Waals surface area (Å²) in [7, 11) is 0. The number of aliphatic hydroxyl groups excluding tert-OH is 2. The van der Waals surface area contributed by atoms with E-state index in [-0.39, 0.29) is 51.7 Å². The second-order valence-corrected chi connectivity index (χ2v) is 7.80. The summed E-state index contributed by atoms with van der Waals surface area (Å²) in [5.41, 5.74) is 0. The quantitative estimate of drug-likeness (QED) is 0.210. The Hall–Kier alpha value is -0.910. The summed E-state index contributed by atoms with van der Waals surface area (Å²) in [6, 6.07) is 0. The number of carbonyl (C=O) groups is 1. The largest absolute Gasteiger partial charge is 0.391 e. The number of halogens is 6. The van der Waals surface area contributed by atoms with Gasteiger partial charge in [0.1, 0.15) is 12.2 Å². The van der Waals surface area contributed by atoms with Gasteiger partial charge in [-0.3, -0.25) is 4.79 Å². The molecule has 0 saturated heterocycles. The van der Waals surface area contributed by atoms with Crippen LogP contribution in [0.4, 0.5) is 26.3 Å². The smallest absolute Gasteiger partial charge is 0.385 e. The second kappa shape index (κ2) is 15.8. The molecule has 192 valence electrons. The van der Waals surface area contributed by atoms with Gasteiger partial charge in [0.05, 0.1) is 25.0 Å². The maximum atomic E-state index is 12.5. The summed E-state index contributed by atoms with van der Waals surface area (Å²) in [6.45, 7) is 3.49. The molecule has 0 radical (unpaired) electrons. The molecule has 0 aliphatic carbocycles. The Morgan fingerprint density at radius 3 is 1.28 bits per heavy atom. The summed E-state index contributed by atoms with van der Waals surface area (Å²) in [5.74, 6) is -0.793. The predicted octanol–water partition coefficient (Wildman–Crippen LogP) is 5.11. The third-order valence-corrected chi connectivity index (χ3v) is 4.89. The highest BCUT2D eigenvalue weighted by atomic mass is 19.4. The van der Waals surface area contributed by atoms with E-state index in [2.05, 4.69) is 0 Å². The molecule has 4 atom stereocenters. The van der Waals surface area contributed by atoms with Crippen LogP contribution in [0.2, 0.25) is 0 Å². The maximum Gasteiger partial charge on any atom is 0.391 e. The van der Waals surface area contributed by atoms with Crippen LogP contribution in [0.5, 0.6) is 0 Å². The minimum atomic E-state index is -4.34. The molecule has 0 bridgehead atoms. The molecule has 0 saturated carbocycles. The average Bonchev–Trinajstić information content (AvgIpc) is 2.65.